The van der Waals surface area contributed by atoms with Crippen molar-refractivity contribution in [3.05, 3.63) is 0 Å². The zero-order valence-corrected chi connectivity index (χ0v) is 50.1. The van der Waals surface area contributed by atoms with Crippen LogP contribution >= 0.6 is 0 Å². The summed E-state index contributed by atoms with van der Waals surface area (Å²) in [7, 11) is 0. The van der Waals surface area contributed by atoms with Gasteiger partial charge < -0.3 is 194 Å². The molecule has 0 bridgehead atoms. The fourth-order valence-corrected chi connectivity index (χ4v) is 12.0. The third kappa shape index (κ3) is 16.4. The Morgan fingerprint density at radius 2 is 0.613 bits per heavy atom. The van der Waals surface area contributed by atoms with Crippen molar-refractivity contribution in [3.8, 4) is 0 Å². The Hall–Kier alpha value is -2.54. The van der Waals surface area contributed by atoms with Crippen molar-refractivity contribution < 1.29 is 193 Å². The fourth-order valence-electron chi connectivity index (χ4n) is 12.0. The van der Waals surface area contributed by atoms with Crippen molar-refractivity contribution in [1.82, 2.24) is 10.6 Å². The lowest BCUT2D eigenvalue weighted by Crippen LogP contribution is -2.70. The van der Waals surface area contributed by atoms with E-state index < -0.39 is 297 Å². The summed E-state index contributed by atoms with van der Waals surface area (Å²) in [6.45, 7) is -1.69. The molecule has 8 saturated heterocycles. The lowest BCUT2D eigenvalue weighted by Gasteiger charge is -2.51. The van der Waals surface area contributed by atoms with Crippen molar-refractivity contribution in [3.63, 3.8) is 0 Å². The molecule has 8 aliphatic rings. The number of aliphatic hydroxyl groups excluding tert-OH is 22. The Bertz CT molecular complexity index is 2350. The maximum Gasteiger partial charge on any atom is 0.217 e. The van der Waals surface area contributed by atoms with E-state index in [0.29, 0.717) is 0 Å². The van der Waals surface area contributed by atoms with Gasteiger partial charge in [-0.15, -0.1) is 0 Å². The molecule has 0 spiro atoms. The summed E-state index contributed by atoms with van der Waals surface area (Å²) < 4.78 is 88.4. The van der Waals surface area contributed by atoms with Crippen molar-refractivity contribution in [2.24, 2.45) is 0 Å². The van der Waals surface area contributed by atoms with Crippen molar-refractivity contribution in [2.45, 2.75) is 273 Å². The number of nitrogens with one attached hydrogen (secondary N) is 2. The number of rotatable bonds is 22. The van der Waals surface area contributed by atoms with E-state index in [9.17, 15) is 122 Å². The Morgan fingerprint density at radius 3 is 1.01 bits per heavy atom. The van der Waals surface area contributed by atoms with Crippen LogP contribution in [0.25, 0.3) is 0 Å². The highest BCUT2D eigenvalue weighted by atomic mass is 16.8. The summed E-state index contributed by atoms with van der Waals surface area (Å²) in [5, 5.41) is 245. The summed E-state index contributed by atoms with van der Waals surface area (Å²) >= 11 is 0. The summed E-state index contributed by atoms with van der Waals surface area (Å²) in [4.78, 5) is 25.7. The monoisotopic (exact) mass is 1360 g/mol. The molecule has 41 heteroatoms. The van der Waals surface area contributed by atoms with Gasteiger partial charge in [-0.3, -0.25) is 9.59 Å². The predicted octanol–water partition coefficient (Wildman–Crippen LogP) is -16.1. The molecule has 2 amide bonds. The van der Waals surface area contributed by atoms with Gasteiger partial charge in [0.05, 0.1) is 51.8 Å². The van der Waals surface area contributed by atoms with Gasteiger partial charge in [0.1, 0.15) is 183 Å². The molecule has 8 fully saturated rings. The molecule has 0 aromatic rings. The van der Waals surface area contributed by atoms with Crippen LogP contribution in [0.3, 0.4) is 0 Å². The predicted molar refractivity (Wildman–Crippen MR) is 285 cm³/mol. The maximum atomic E-state index is 12.9. The van der Waals surface area contributed by atoms with Gasteiger partial charge in [-0.25, -0.2) is 0 Å². The van der Waals surface area contributed by atoms with Crippen LogP contribution in [0.1, 0.15) is 27.7 Å². The molecule has 8 heterocycles. The van der Waals surface area contributed by atoms with Crippen LogP contribution < -0.4 is 10.6 Å². The largest absolute Gasteiger partial charge is 0.394 e. The van der Waals surface area contributed by atoms with E-state index in [-0.39, 0.29) is 0 Å². The van der Waals surface area contributed by atoms with Crippen LogP contribution in [0.2, 0.25) is 0 Å². The van der Waals surface area contributed by atoms with Crippen molar-refractivity contribution in [2.75, 3.05) is 39.6 Å². The van der Waals surface area contributed by atoms with Crippen LogP contribution in [0.15, 0.2) is 0 Å². The average molecular weight is 1370 g/mol. The number of hydrogen-bond donors (Lipinski definition) is 24. The maximum absolute atomic E-state index is 12.9. The first kappa shape index (κ1) is 76.2. The highest BCUT2D eigenvalue weighted by molar-refractivity contribution is 5.73. The standard InChI is InChI=1S/C52H88N2O39/c1-11-23(62)31(70)35(74)47(80-11)92-43-41(90-49-37(76)33(72)25(64)15(5-55)83-49)27(66)17(7-57)85-51(43)88-39-19(9-59)87-46(21(30(39)69)53-13(3)60)79-10-20-29(68)40(22(45(78)82-20)54-14(4)61)89-52-44(93-48-36(75)32(71)24(63)12(2)81-48)42(28(67)18(8-58)86-52)91-50-38(77)34(73)26(65)16(6-56)84-50/h11-12,15-52,55-59,62-78H,5-10H2,1-4H3,(H,53,60)(H,54,61)/t11-,12-,15+,16+,17+,18+,19+,20+,21+,22+,23+,24+,25-,26-,27-,28-,29-,30+,31+,32+,33-,34-,35-,36-,37+,38+,39+,40+,41-,42-,43+,44+,45?,46+,47-,48-,49+,50+,51-,52-/m0/s1. The number of hydrogen-bond acceptors (Lipinski definition) is 39. The highest BCUT2D eigenvalue weighted by Crippen LogP contribution is 2.39. The first-order valence-electron chi connectivity index (χ1n) is 29.9. The number of carbonyl (C=O) groups is 2. The first-order chi connectivity index (χ1) is 43.9. The lowest BCUT2D eigenvalue weighted by molar-refractivity contribution is -0.403. The SMILES string of the molecule is CC(=O)N[C@H]1[C@H](OC[C@H]2OC(O)[C@H](NC(C)=O)[C@@H](O[C@@H]3O[C@H](CO)[C@H](O)[C@H](O[C@H]4O[C@H](CO)[C@H](O)[C@H](O)[C@H]4O)[C@H]3O[C@@H]3O[C@@H](C)[C@@H](O)[C@@H](O)[C@@H]3O)[C@H]2O)O[C@H](CO)[C@@H](O[C@@H]2O[C@H](CO)[C@H](O)[C@H](O[C@H]3O[C@H](CO)[C@H](O)[C@H](O)[C@H]3O)[C@H]2O[C@@H]2O[C@@H](C)[C@@H](O)[C@@H](O)[C@@H]2O)[C@@H]1O. The van der Waals surface area contributed by atoms with E-state index in [4.69, 9.17) is 71.1 Å². The number of ether oxygens (including phenoxy) is 15. The van der Waals surface area contributed by atoms with Crippen molar-refractivity contribution >= 4 is 11.8 Å². The van der Waals surface area contributed by atoms with E-state index in [1.165, 1.54) is 13.8 Å². The third-order valence-electron chi connectivity index (χ3n) is 17.4. The van der Waals surface area contributed by atoms with E-state index in [2.05, 4.69) is 10.6 Å². The molecule has 93 heavy (non-hydrogen) atoms. The molecule has 0 aromatic heterocycles. The molecule has 1 unspecified atom stereocenters. The fraction of sp³-hybridized carbons (Fsp3) is 0.962. The van der Waals surface area contributed by atoms with Gasteiger partial charge in [0, 0.05) is 13.8 Å². The molecule has 0 aromatic carbocycles. The topological polar surface area (TPSA) is 642 Å². The molecule has 8 aliphatic heterocycles. The molecule has 540 valence electrons. The zero-order valence-electron chi connectivity index (χ0n) is 50.1. The Labute approximate surface area is 527 Å². The van der Waals surface area contributed by atoms with Crippen molar-refractivity contribution in [1.29, 1.82) is 0 Å². The van der Waals surface area contributed by atoms with Gasteiger partial charge in [0.15, 0.2) is 50.3 Å². The minimum atomic E-state index is -2.22. The normalized spacial score (nSPS) is 51.6. The number of amides is 2. The Morgan fingerprint density at radius 1 is 0.301 bits per heavy atom. The number of carbonyl (C=O) groups excluding carboxylic acids is 2. The first-order valence-corrected chi connectivity index (χ1v) is 29.9. The Kier molecular flexibility index (Phi) is 26.7. The molecule has 8 rings (SSSR count). The lowest BCUT2D eigenvalue weighted by atomic mass is 9.94. The summed E-state index contributed by atoms with van der Waals surface area (Å²) in [5.74, 6) is -1.78. The summed E-state index contributed by atoms with van der Waals surface area (Å²) in [5.41, 5.74) is 0. The van der Waals surface area contributed by atoms with Crippen LogP contribution in [-0.2, 0) is 80.6 Å². The molecule has 0 aliphatic carbocycles. The van der Waals surface area contributed by atoms with Gasteiger partial charge in [0.25, 0.3) is 0 Å². The van der Waals surface area contributed by atoms with Gasteiger partial charge in [-0.1, -0.05) is 0 Å². The average Bonchev–Trinajstić information content (AvgIpc) is 0.772. The molecular weight excluding hydrogens is 1280 g/mol. The second-order valence-corrected chi connectivity index (χ2v) is 23.9. The van der Waals surface area contributed by atoms with E-state index >= 15 is 0 Å². The van der Waals surface area contributed by atoms with Crippen LogP contribution in [0.4, 0.5) is 0 Å². The van der Waals surface area contributed by atoms with Crippen LogP contribution in [0, 0.1) is 0 Å². The van der Waals surface area contributed by atoms with Gasteiger partial charge in [0.2, 0.25) is 11.8 Å². The van der Waals surface area contributed by atoms with Gasteiger partial charge in [-0.05, 0) is 13.8 Å². The van der Waals surface area contributed by atoms with Crippen LogP contribution in [0.5, 0.6) is 0 Å². The van der Waals surface area contributed by atoms with E-state index in [0.717, 1.165) is 13.8 Å². The third-order valence-corrected chi connectivity index (χ3v) is 17.4. The zero-order chi connectivity index (χ0) is 68.5. The summed E-state index contributed by atoms with van der Waals surface area (Å²) in [6, 6.07) is -3.68. The highest BCUT2D eigenvalue weighted by Gasteiger charge is 2.60. The minimum Gasteiger partial charge on any atom is -0.394 e. The molecular formula is C52H88N2O39. The molecule has 40 atom stereocenters. The smallest absolute Gasteiger partial charge is 0.217 e. The van der Waals surface area contributed by atoms with E-state index in [1.807, 2.05) is 0 Å². The molecule has 24 N–H and O–H groups in total. The van der Waals surface area contributed by atoms with Gasteiger partial charge >= 0.3 is 0 Å². The van der Waals surface area contributed by atoms with E-state index in [1.54, 1.807) is 0 Å². The second-order valence-electron chi connectivity index (χ2n) is 23.9. The quantitative estimate of drug-likeness (QED) is 0.0479. The summed E-state index contributed by atoms with van der Waals surface area (Å²) in [6.07, 6.45) is -74.5. The second kappa shape index (κ2) is 32.6. The van der Waals surface area contributed by atoms with Crippen LogP contribution in [-0.4, -0.2) is 409 Å². The Balaban J connectivity index is 1.07. The number of aliphatic hydroxyl groups is 22. The molecule has 0 radical (unpaired) electrons. The molecule has 0 saturated carbocycles. The van der Waals surface area contributed by atoms with Gasteiger partial charge in [-0.2, -0.15) is 0 Å². The minimum absolute atomic E-state index is 0.887. The molecule has 41 nitrogen and oxygen atoms in total.